The van der Waals surface area contributed by atoms with Gasteiger partial charge in [0.15, 0.2) is 10.2 Å². The summed E-state index contributed by atoms with van der Waals surface area (Å²) in [7, 11) is 3.32. The van der Waals surface area contributed by atoms with E-state index in [1.54, 1.807) is 25.6 Å². The predicted molar refractivity (Wildman–Crippen MR) is 118 cm³/mol. The van der Waals surface area contributed by atoms with Crippen LogP contribution in [0.4, 0.5) is 5.13 Å². The fourth-order valence-corrected chi connectivity index (χ4v) is 5.60. The third kappa shape index (κ3) is 4.73. The van der Waals surface area contributed by atoms with E-state index in [-0.39, 0.29) is 0 Å². The molecule has 150 valence electrons. The number of hydrogen-bond donors (Lipinski definition) is 1. The number of nitrogens with zero attached hydrogens (tertiary/aromatic N) is 4. The first-order valence-electron chi connectivity index (χ1n) is 8.85. The second-order valence-corrected chi connectivity index (χ2v) is 9.04. The van der Waals surface area contributed by atoms with Crippen molar-refractivity contribution >= 4 is 49.8 Å². The first-order valence-corrected chi connectivity index (χ1v) is 11.4. The summed E-state index contributed by atoms with van der Waals surface area (Å²) in [5.41, 5.74) is 2.27. The number of nitrogens with one attached hydrogen (secondary N) is 1. The standard InChI is InChI=1S/C19H19N5O2S3/c1-25-9-8-20-18-23-24-19(29-18)28-17-15-13(12-6-4-3-5-7-12)11-27-16(15)21-14(22-17)10-26-2/h3-7,11H,8-10H2,1-2H3,(H,20,23). The highest BCUT2D eigenvalue weighted by Crippen LogP contribution is 2.41. The first-order chi connectivity index (χ1) is 14.3. The number of hydrogen-bond acceptors (Lipinski definition) is 10. The predicted octanol–water partition coefficient (Wildman–Crippen LogP) is 4.57. The molecule has 0 saturated heterocycles. The Morgan fingerprint density at radius 3 is 2.72 bits per heavy atom. The van der Waals surface area contributed by atoms with Crippen LogP contribution in [0.2, 0.25) is 0 Å². The van der Waals surface area contributed by atoms with Crippen molar-refractivity contribution < 1.29 is 9.47 Å². The average molecular weight is 446 g/mol. The summed E-state index contributed by atoms with van der Waals surface area (Å²) in [4.78, 5) is 10.4. The van der Waals surface area contributed by atoms with E-state index in [4.69, 9.17) is 14.5 Å². The van der Waals surface area contributed by atoms with Gasteiger partial charge in [-0.05, 0) is 17.3 Å². The van der Waals surface area contributed by atoms with Crippen LogP contribution >= 0.6 is 34.4 Å². The molecule has 4 rings (SSSR count). The summed E-state index contributed by atoms with van der Waals surface area (Å²) in [6.07, 6.45) is 0. The van der Waals surface area contributed by atoms with Crippen molar-refractivity contribution in [3.05, 3.63) is 41.5 Å². The molecule has 0 spiro atoms. The van der Waals surface area contributed by atoms with Gasteiger partial charge in [0, 0.05) is 31.7 Å². The van der Waals surface area contributed by atoms with Crippen molar-refractivity contribution in [2.75, 3.05) is 32.7 Å². The minimum absolute atomic E-state index is 0.363. The molecule has 3 aromatic heterocycles. The van der Waals surface area contributed by atoms with Gasteiger partial charge < -0.3 is 14.8 Å². The molecule has 0 saturated carbocycles. The number of aromatic nitrogens is 4. The Morgan fingerprint density at radius 2 is 1.93 bits per heavy atom. The van der Waals surface area contributed by atoms with Crippen LogP contribution in [0.1, 0.15) is 5.82 Å². The van der Waals surface area contributed by atoms with Gasteiger partial charge in [-0.15, -0.1) is 21.5 Å². The molecule has 3 heterocycles. The molecule has 1 aromatic carbocycles. The van der Waals surface area contributed by atoms with E-state index < -0.39 is 0 Å². The third-order valence-electron chi connectivity index (χ3n) is 3.98. The molecule has 0 fully saturated rings. The molecule has 10 heteroatoms. The first kappa shape index (κ1) is 20.2. The van der Waals surface area contributed by atoms with Gasteiger partial charge in [0.2, 0.25) is 5.13 Å². The van der Waals surface area contributed by atoms with Crippen LogP contribution in [0, 0.1) is 0 Å². The van der Waals surface area contributed by atoms with Crippen molar-refractivity contribution in [3.8, 4) is 11.1 Å². The minimum atomic E-state index is 0.363. The highest BCUT2D eigenvalue weighted by molar-refractivity contribution is 8.01. The fourth-order valence-electron chi connectivity index (χ4n) is 2.71. The Hall–Kier alpha value is -2.11. The Labute approximate surface area is 180 Å². The Morgan fingerprint density at radius 1 is 1.07 bits per heavy atom. The van der Waals surface area contributed by atoms with Gasteiger partial charge in [0.25, 0.3) is 0 Å². The van der Waals surface area contributed by atoms with Crippen molar-refractivity contribution in [1.29, 1.82) is 0 Å². The lowest BCUT2D eigenvalue weighted by atomic mass is 10.1. The Kier molecular flexibility index (Phi) is 6.67. The molecule has 0 aliphatic heterocycles. The summed E-state index contributed by atoms with van der Waals surface area (Å²) in [6.45, 7) is 1.67. The van der Waals surface area contributed by atoms with Gasteiger partial charge in [-0.25, -0.2) is 9.97 Å². The van der Waals surface area contributed by atoms with E-state index in [1.165, 1.54) is 23.1 Å². The van der Waals surface area contributed by atoms with Gasteiger partial charge in [-0.2, -0.15) is 0 Å². The van der Waals surface area contributed by atoms with E-state index in [2.05, 4.69) is 38.0 Å². The van der Waals surface area contributed by atoms with Crippen molar-refractivity contribution in [1.82, 2.24) is 20.2 Å². The summed E-state index contributed by atoms with van der Waals surface area (Å²) in [6, 6.07) is 10.3. The molecular weight excluding hydrogens is 426 g/mol. The largest absolute Gasteiger partial charge is 0.383 e. The van der Waals surface area contributed by atoms with Crippen LogP contribution in [-0.2, 0) is 16.1 Å². The fraction of sp³-hybridized carbons (Fsp3) is 0.263. The SMILES string of the molecule is COCCNc1nnc(Sc2nc(COC)nc3scc(-c4ccccc4)c23)s1. The van der Waals surface area contributed by atoms with Crippen molar-refractivity contribution in [2.24, 2.45) is 0 Å². The monoisotopic (exact) mass is 445 g/mol. The summed E-state index contributed by atoms with van der Waals surface area (Å²) >= 11 is 4.61. The lowest BCUT2D eigenvalue weighted by Crippen LogP contribution is -2.06. The number of methoxy groups -OCH3 is 2. The molecule has 0 bridgehead atoms. The van der Waals surface area contributed by atoms with Crippen LogP contribution in [0.25, 0.3) is 21.3 Å². The van der Waals surface area contributed by atoms with Gasteiger partial charge in [-0.3, -0.25) is 0 Å². The van der Waals surface area contributed by atoms with Gasteiger partial charge >= 0.3 is 0 Å². The van der Waals surface area contributed by atoms with E-state index in [0.717, 1.165) is 35.8 Å². The highest BCUT2D eigenvalue weighted by Gasteiger charge is 2.18. The molecule has 0 radical (unpaired) electrons. The second kappa shape index (κ2) is 9.59. The maximum absolute atomic E-state index is 5.26. The molecule has 0 atom stereocenters. The maximum atomic E-state index is 5.26. The molecule has 7 nitrogen and oxygen atoms in total. The normalized spacial score (nSPS) is 11.2. The van der Waals surface area contributed by atoms with Gasteiger partial charge in [0.1, 0.15) is 16.5 Å². The lowest BCUT2D eigenvalue weighted by Gasteiger charge is -2.06. The Balaban J connectivity index is 1.70. The van der Waals surface area contributed by atoms with Crippen molar-refractivity contribution in [2.45, 2.75) is 16.0 Å². The number of ether oxygens (including phenoxy) is 2. The second-order valence-electron chi connectivity index (χ2n) is 5.97. The zero-order chi connectivity index (χ0) is 20.1. The number of rotatable bonds is 9. The summed E-state index contributed by atoms with van der Waals surface area (Å²) in [5, 5.41) is 16.5. The summed E-state index contributed by atoms with van der Waals surface area (Å²) < 4.78 is 11.1. The zero-order valence-corrected chi connectivity index (χ0v) is 18.4. The summed E-state index contributed by atoms with van der Waals surface area (Å²) in [5.74, 6) is 0.659. The molecular formula is C19H19N5O2S3. The Bertz CT molecular complexity index is 1080. The number of thiophene rings is 1. The topological polar surface area (TPSA) is 82.0 Å². The van der Waals surface area contributed by atoms with E-state index >= 15 is 0 Å². The van der Waals surface area contributed by atoms with Crippen LogP contribution < -0.4 is 5.32 Å². The molecule has 29 heavy (non-hydrogen) atoms. The zero-order valence-electron chi connectivity index (χ0n) is 15.9. The smallest absolute Gasteiger partial charge is 0.206 e. The molecule has 4 aromatic rings. The van der Waals surface area contributed by atoms with Crippen LogP contribution in [0.5, 0.6) is 0 Å². The maximum Gasteiger partial charge on any atom is 0.206 e. The molecule has 0 aliphatic carbocycles. The van der Waals surface area contributed by atoms with Gasteiger partial charge in [0.05, 0.1) is 12.0 Å². The van der Waals surface area contributed by atoms with E-state index in [1.807, 2.05) is 18.2 Å². The quantitative estimate of drug-likeness (QED) is 0.296. The van der Waals surface area contributed by atoms with E-state index in [9.17, 15) is 0 Å². The van der Waals surface area contributed by atoms with Crippen molar-refractivity contribution in [3.63, 3.8) is 0 Å². The number of anilines is 1. The lowest BCUT2D eigenvalue weighted by molar-refractivity contribution is 0.177. The van der Waals surface area contributed by atoms with E-state index in [0.29, 0.717) is 25.6 Å². The van der Waals surface area contributed by atoms with Gasteiger partial charge in [-0.1, -0.05) is 41.7 Å². The number of fused-ring (bicyclic) bond motifs is 1. The van der Waals surface area contributed by atoms with Crippen LogP contribution in [-0.4, -0.2) is 47.5 Å². The number of benzene rings is 1. The van der Waals surface area contributed by atoms with Crippen LogP contribution in [0.3, 0.4) is 0 Å². The highest BCUT2D eigenvalue weighted by atomic mass is 32.2. The third-order valence-corrected chi connectivity index (χ3v) is 6.77. The molecule has 1 N–H and O–H groups in total. The van der Waals surface area contributed by atoms with Crippen LogP contribution in [0.15, 0.2) is 45.1 Å². The molecule has 0 amide bonds. The minimum Gasteiger partial charge on any atom is -0.383 e. The average Bonchev–Trinajstić information content (AvgIpc) is 3.36. The molecule has 0 unspecified atom stereocenters. The molecule has 0 aliphatic rings.